The summed E-state index contributed by atoms with van der Waals surface area (Å²) in [6.45, 7) is 5.24. The van der Waals surface area contributed by atoms with Crippen molar-refractivity contribution in [3.63, 3.8) is 0 Å². The molecule has 2 aliphatic rings. The van der Waals surface area contributed by atoms with Crippen LogP contribution in [0.2, 0.25) is 0 Å². The van der Waals surface area contributed by atoms with Gasteiger partial charge in [0.05, 0.1) is 13.2 Å². The standard InChI is InChI=1S/C18H26N2O2/c1-12-10-11-20(13(12)2)18(21)19-17(14-4-5-14)15-6-8-16(22-3)9-7-15/h6-9,12-14,17H,4-5,10-11H2,1-3H3,(H,19,21)/t12-,13+,17+/m0/s1. The van der Waals surface area contributed by atoms with E-state index in [-0.39, 0.29) is 12.1 Å². The molecule has 1 saturated heterocycles. The van der Waals surface area contributed by atoms with E-state index in [4.69, 9.17) is 4.74 Å². The lowest BCUT2D eigenvalue weighted by molar-refractivity contribution is 0.186. The van der Waals surface area contributed by atoms with Gasteiger partial charge in [0.2, 0.25) is 0 Å². The van der Waals surface area contributed by atoms with E-state index in [1.54, 1.807) is 7.11 Å². The number of methoxy groups -OCH3 is 1. The molecule has 0 aromatic heterocycles. The van der Waals surface area contributed by atoms with Crippen LogP contribution in [-0.4, -0.2) is 30.6 Å². The molecule has 4 nitrogen and oxygen atoms in total. The number of nitrogens with one attached hydrogen (secondary N) is 1. The smallest absolute Gasteiger partial charge is 0.318 e. The molecule has 0 unspecified atom stereocenters. The average Bonchev–Trinajstić information content (AvgIpc) is 3.32. The van der Waals surface area contributed by atoms with Crippen LogP contribution >= 0.6 is 0 Å². The summed E-state index contributed by atoms with van der Waals surface area (Å²) < 4.78 is 5.22. The van der Waals surface area contributed by atoms with Crippen molar-refractivity contribution in [2.75, 3.05) is 13.7 Å². The van der Waals surface area contributed by atoms with Gasteiger partial charge >= 0.3 is 6.03 Å². The highest BCUT2D eigenvalue weighted by Gasteiger charge is 2.37. The minimum Gasteiger partial charge on any atom is -0.497 e. The van der Waals surface area contributed by atoms with Gasteiger partial charge in [0.25, 0.3) is 0 Å². The maximum Gasteiger partial charge on any atom is 0.318 e. The normalized spacial score (nSPS) is 25.9. The average molecular weight is 302 g/mol. The van der Waals surface area contributed by atoms with E-state index < -0.39 is 0 Å². The first kappa shape index (κ1) is 15.2. The van der Waals surface area contributed by atoms with Crippen LogP contribution in [0.25, 0.3) is 0 Å². The highest BCUT2D eigenvalue weighted by Crippen LogP contribution is 2.41. The van der Waals surface area contributed by atoms with Crippen LogP contribution in [0.5, 0.6) is 5.75 Å². The van der Waals surface area contributed by atoms with E-state index in [1.165, 1.54) is 18.4 Å². The Hall–Kier alpha value is -1.71. The third kappa shape index (κ3) is 3.06. The lowest BCUT2D eigenvalue weighted by atomic mass is 10.0. The number of ether oxygens (including phenoxy) is 1. The molecule has 3 atom stereocenters. The molecule has 1 aromatic carbocycles. The van der Waals surface area contributed by atoms with Crippen LogP contribution in [-0.2, 0) is 0 Å². The molecule has 1 heterocycles. The van der Waals surface area contributed by atoms with Gasteiger partial charge in [-0.15, -0.1) is 0 Å². The van der Waals surface area contributed by atoms with Crippen molar-refractivity contribution < 1.29 is 9.53 Å². The molecule has 3 rings (SSSR count). The highest BCUT2D eigenvalue weighted by molar-refractivity contribution is 5.75. The van der Waals surface area contributed by atoms with Gasteiger partial charge in [0.1, 0.15) is 5.75 Å². The van der Waals surface area contributed by atoms with Gasteiger partial charge in [-0.25, -0.2) is 4.79 Å². The molecule has 0 bridgehead atoms. The summed E-state index contributed by atoms with van der Waals surface area (Å²) in [7, 11) is 1.67. The molecule has 1 aliphatic carbocycles. The van der Waals surface area contributed by atoms with E-state index >= 15 is 0 Å². The van der Waals surface area contributed by atoms with Crippen LogP contribution in [0.3, 0.4) is 0 Å². The summed E-state index contributed by atoms with van der Waals surface area (Å²) in [6.07, 6.45) is 3.50. The molecule has 2 amide bonds. The Morgan fingerprint density at radius 2 is 1.91 bits per heavy atom. The molecule has 2 fully saturated rings. The number of hydrogen-bond donors (Lipinski definition) is 1. The first-order valence-electron chi connectivity index (χ1n) is 8.31. The van der Waals surface area contributed by atoms with Gasteiger partial charge in [0.15, 0.2) is 0 Å². The molecule has 4 heteroatoms. The summed E-state index contributed by atoms with van der Waals surface area (Å²) >= 11 is 0. The van der Waals surface area contributed by atoms with Crippen LogP contribution in [0.15, 0.2) is 24.3 Å². The van der Waals surface area contributed by atoms with E-state index in [1.807, 2.05) is 17.0 Å². The Bertz CT molecular complexity index is 524. The highest BCUT2D eigenvalue weighted by atomic mass is 16.5. The van der Waals surface area contributed by atoms with Gasteiger partial charge in [-0.2, -0.15) is 0 Å². The van der Waals surface area contributed by atoms with E-state index in [0.29, 0.717) is 17.9 Å². The van der Waals surface area contributed by atoms with Crippen molar-refractivity contribution in [2.24, 2.45) is 11.8 Å². The third-order valence-electron chi connectivity index (χ3n) is 5.25. The van der Waals surface area contributed by atoms with Crippen molar-refractivity contribution in [1.29, 1.82) is 0 Å². The molecular weight excluding hydrogens is 276 g/mol. The zero-order valence-electron chi connectivity index (χ0n) is 13.7. The van der Waals surface area contributed by atoms with Crippen LogP contribution < -0.4 is 10.1 Å². The number of nitrogens with zero attached hydrogens (tertiary/aromatic N) is 1. The predicted molar refractivity (Wildman–Crippen MR) is 86.9 cm³/mol. The summed E-state index contributed by atoms with van der Waals surface area (Å²) in [6, 6.07) is 8.62. The molecule has 1 N–H and O–H groups in total. The Labute approximate surface area is 132 Å². The number of hydrogen-bond acceptors (Lipinski definition) is 2. The lowest BCUT2D eigenvalue weighted by Gasteiger charge is -2.27. The van der Waals surface area contributed by atoms with Crippen molar-refractivity contribution in [3.8, 4) is 5.75 Å². The predicted octanol–water partition coefficient (Wildman–Crippen LogP) is 3.59. The minimum atomic E-state index is 0.0876. The van der Waals surface area contributed by atoms with Crippen molar-refractivity contribution >= 4 is 6.03 Å². The number of carbonyl (C=O) groups excluding carboxylic acids is 1. The van der Waals surface area contributed by atoms with E-state index in [9.17, 15) is 4.79 Å². The Morgan fingerprint density at radius 1 is 1.23 bits per heavy atom. The van der Waals surface area contributed by atoms with Gasteiger partial charge in [-0.05, 0) is 55.7 Å². The Kier molecular flexibility index (Phi) is 4.27. The van der Waals surface area contributed by atoms with Crippen molar-refractivity contribution in [3.05, 3.63) is 29.8 Å². The fourth-order valence-corrected chi connectivity index (χ4v) is 3.31. The fourth-order valence-electron chi connectivity index (χ4n) is 3.31. The molecule has 1 aliphatic heterocycles. The molecule has 0 spiro atoms. The number of rotatable bonds is 4. The molecular formula is C18H26N2O2. The van der Waals surface area contributed by atoms with Crippen molar-refractivity contribution in [2.45, 2.75) is 45.2 Å². The summed E-state index contributed by atoms with van der Waals surface area (Å²) in [5.41, 5.74) is 1.18. The molecule has 120 valence electrons. The number of likely N-dealkylation sites (tertiary alicyclic amines) is 1. The fraction of sp³-hybridized carbons (Fsp3) is 0.611. The molecule has 1 aromatic rings. The topological polar surface area (TPSA) is 41.6 Å². The first-order chi connectivity index (χ1) is 10.6. The maximum absolute atomic E-state index is 12.6. The summed E-state index contributed by atoms with van der Waals surface area (Å²) in [5, 5.41) is 3.27. The van der Waals surface area contributed by atoms with E-state index in [2.05, 4.69) is 31.3 Å². The quantitative estimate of drug-likeness (QED) is 0.923. The van der Waals surface area contributed by atoms with Gasteiger partial charge in [0, 0.05) is 12.6 Å². The van der Waals surface area contributed by atoms with Crippen molar-refractivity contribution in [1.82, 2.24) is 10.2 Å². The zero-order valence-corrected chi connectivity index (χ0v) is 13.7. The van der Waals surface area contributed by atoms with E-state index in [0.717, 1.165) is 18.7 Å². The second-order valence-corrected chi connectivity index (χ2v) is 6.74. The molecule has 1 saturated carbocycles. The number of carbonyl (C=O) groups is 1. The first-order valence-corrected chi connectivity index (χ1v) is 8.31. The summed E-state index contributed by atoms with van der Waals surface area (Å²) in [4.78, 5) is 14.6. The molecule has 22 heavy (non-hydrogen) atoms. The SMILES string of the molecule is COc1ccc([C@H](NC(=O)N2CC[C@H](C)[C@H]2C)C2CC2)cc1. The lowest BCUT2D eigenvalue weighted by Crippen LogP contribution is -2.44. The number of amides is 2. The number of urea groups is 1. The van der Waals surface area contributed by atoms with Crippen LogP contribution in [0, 0.1) is 11.8 Å². The minimum absolute atomic E-state index is 0.0876. The van der Waals surface area contributed by atoms with Crippen LogP contribution in [0.1, 0.15) is 44.7 Å². The maximum atomic E-state index is 12.6. The molecule has 0 radical (unpaired) electrons. The van der Waals surface area contributed by atoms with Gasteiger partial charge in [-0.1, -0.05) is 19.1 Å². The Morgan fingerprint density at radius 3 is 2.41 bits per heavy atom. The zero-order chi connectivity index (χ0) is 15.7. The van der Waals surface area contributed by atoms with Gasteiger partial charge in [-0.3, -0.25) is 0 Å². The number of benzene rings is 1. The summed E-state index contributed by atoms with van der Waals surface area (Å²) in [5.74, 6) is 2.02. The second kappa shape index (κ2) is 6.19. The largest absolute Gasteiger partial charge is 0.497 e. The monoisotopic (exact) mass is 302 g/mol. The van der Waals surface area contributed by atoms with Crippen LogP contribution in [0.4, 0.5) is 4.79 Å². The second-order valence-electron chi connectivity index (χ2n) is 6.74. The third-order valence-corrected chi connectivity index (χ3v) is 5.25. The Balaban J connectivity index is 1.70. The van der Waals surface area contributed by atoms with Gasteiger partial charge < -0.3 is 15.0 Å².